The van der Waals surface area contributed by atoms with E-state index in [1.165, 1.54) is 69.4 Å². The molecular formula is C46H60. The van der Waals surface area contributed by atoms with Crippen LogP contribution in [0.4, 0.5) is 0 Å². The zero-order chi connectivity index (χ0) is 33.1. The summed E-state index contributed by atoms with van der Waals surface area (Å²) in [6.45, 7) is 30.5. The Morgan fingerprint density at radius 1 is 0.870 bits per heavy atom. The van der Waals surface area contributed by atoms with Crippen LogP contribution in [0.25, 0.3) is 17.2 Å². The van der Waals surface area contributed by atoms with Gasteiger partial charge in [0.15, 0.2) is 0 Å². The Balaban J connectivity index is 1.21. The Kier molecular flexibility index (Phi) is 8.84. The fraction of sp³-hybridized carbons (Fsp3) is 0.522. The first kappa shape index (κ1) is 33.1. The highest BCUT2D eigenvalue weighted by Crippen LogP contribution is 2.52. The zero-order valence-corrected chi connectivity index (χ0v) is 30.5. The van der Waals surface area contributed by atoms with Crippen LogP contribution in [-0.4, -0.2) is 0 Å². The van der Waals surface area contributed by atoms with Crippen LogP contribution in [0.15, 0.2) is 84.0 Å². The molecule has 4 atom stereocenters. The molecule has 46 heavy (non-hydrogen) atoms. The smallest absolute Gasteiger partial charge is 0.00827 e. The molecule has 6 rings (SSSR count). The van der Waals surface area contributed by atoms with E-state index in [1.54, 1.807) is 11.1 Å². The summed E-state index contributed by atoms with van der Waals surface area (Å²) in [6.07, 6.45) is 18.3. The van der Waals surface area contributed by atoms with Gasteiger partial charge < -0.3 is 0 Å². The predicted octanol–water partition coefficient (Wildman–Crippen LogP) is 12.8. The Morgan fingerprint density at radius 2 is 1.61 bits per heavy atom. The Morgan fingerprint density at radius 3 is 2.30 bits per heavy atom. The van der Waals surface area contributed by atoms with Crippen molar-refractivity contribution in [2.45, 2.75) is 107 Å². The summed E-state index contributed by atoms with van der Waals surface area (Å²) >= 11 is 0. The maximum absolute atomic E-state index is 4.65. The molecule has 0 aliphatic heterocycles. The molecule has 1 saturated carbocycles. The molecular weight excluding hydrogens is 553 g/mol. The van der Waals surface area contributed by atoms with E-state index in [0.29, 0.717) is 23.2 Å². The lowest BCUT2D eigenvalue weighted by molar-refractivity contribution is 0.0498. The van der Waals surface area contributed by atoms with Gasteiger partial charge >= 0.3 is 0 Å². The molecule has 0 N–H and O–H groups in total. The molecule has 244 valence electrons. The number of aryl methyl sites for hydroxylation is 2. The Hall–Kier alpha value is -2.86. The first-order valence-electron chi connectivity index (χ1n) is 18.2. The van der Waals surface area contributed by atoms with E-state index >= 15 is 0 Å². The van der Waals surface area contributed by atoms with Crippen LogP contribution in [0.2, 0.25) is 0 Å². The third-order valence-corrected chi connectivity index (χ3v) is 12.2. The highest BCUT2D eigenvalue weighted by molar-refractivity contribution is 5.80. The van der Waals surface area contributed by atoms with Crippen molar-refractivity contribution in [1.29, 1.82) is 0 Å². The molecule has 3 unspecified atom stereocenters. The SMILES string of the molecule is C=C1C=CC(CC(C)(C)C)C(=C)C1CC1=Cc2cccc(-c3cc(C)cc(C)c3C[C@@H]3CC(C4CC(C(C)(C)C)C4)C=C3C)c2C1. The number of benzene rings is 2. The number of fused-ring (bicyclic) bond motifs is 1. The second-order valence-corrected chi connectivity index (χ2v) is 18.1. The van der Waals surface area contributed by atoms with E-state index in [-0.39, 0.29) is 5.41 Å². The van der Waals surface area contributed by atoms with Gasteiger partial charge in [0.05, 0.1) is 0 Å². The molecule has 4 aliphatic carbocycles. The number of hydrogen-bond acceptors (Lipinski definition) is 0. The summed E-state index contributed by atoms with van der Waals surface area (Å²) in [6, 6.07) is 11.9. The molecule has 0 amide bonds. The minimum absolute atomic E-state index is 0.281. The zero-order valence-electron chi connectivity index (χ0n) is 30.5. The molecule has 4 aliphatic rings. The van der Waals surface area contributed by atoms with Crippen LogP contribution < -0.4 is 0 Å². The van der Waals surface area contributed by atoms with Crippen molar-refractivity contribution in [1.82, 2.24) is 0 Å². The monoisotopic (exact) mass is 612 g/mol. The highest BCUT2D eigenvalue weighted by atomic mass is 14.5. The van der Waals surface area contributed by atoms with Crippen molar-refractivity contribution in [3.05, 3.63) is 112 Å². The standard InChI is InChI=1S/C46H60/c1-28-17-31(4)42(26-36-23-37(19-30(36)3)38-24-39(25-38)46(9,10)11)44(18-28)40-14-12-13-34-20-33(22-43(34)40)21-41-29(2)15-16-35(32(41)5)27-45(6,7)8/h12-20,35-39,41H,2,5,21-27H2,1,3-4,6-11H3/t35?,36-,37?,38?,39?,41?/m0/s1. The van der Waals surface area contributed by atoms with Crippen molar-refractivity contribution >= 4 is 6.08 Å². The molecule has 0 spiro atoms. The van der Waals surface area contributed by atoms with Crippen LogP contribution in [0, 0.1) is 60.2 Å². The van der Waals surface area contributed by atoms with E-state index in [4.69, 9.17) is 0 Å². The van der Waals surface area contributed by atoms with Crippen molar-refractivity contribution in [3.8, 4) is 11.1 Å². The van der Waals surface area contributed by atoms with E-state index in [2.05, 4.69) is 130 Å². The van der Waals surface area contributed by atoms with Gasteiger partial charge in [0.1, 0.15) is 0 Å². The van der Waals surface area contributed by atoms with Crippen LogP contribution >= 0.6 is 0 Å². The number of hydrogen-bond donors (Lipinski definition) is 0. The van der Waals surface area contributed by atoms with Crippen LogP contribution in [-0.2, 0) is 12.8 Å². The Labute approximate surface area is 281 Å². The van der Waals surface area contributed by atoms with Gasteiger partial charge in [-0.25, -0.2) is 0 Å². The lowest BCUT2D eigenvalue weighted by atomic mass is 9.59. The minimum atomic E-state index is 0.281. The van der Waals surface area contributed by atoms with Gasteiger partial charge in [0.2, 0.25) is 0 Å². The largest absolute Gasteiger partial charge is 0.0986 e. The summed E-state index contributed by atoms with van der Waals surface area (Å²) in [5.74, 6) is 3.97. The van der Waals surface area contributed by atoms with Gasteiger partial charge in [0, 0.05) is 5.92 Å². The lowest BCUT2D eigenvalue weighted by Gasteiger charge is -2.46. The maximum atomic E-state index is 4.65. The fourth-order valence-corrected chi connectivity index (χ4v) is 9.28. The molecule has 2 aromatic carbocycles. The molecule has 0 bridgehead atoms. The van der Waals surface area contributed by atoms with E-state index in [9.17, 15) is 0 Å². The van der Waals surface area contributed by atoms with Crippen molar-refractivity contribution < 1.29 is 0 Å². The molecule has 0 radical (unpaired) electrons. The van der Waals surface area contributed by atoms with Gasteiger partial charge in [0.25, 0.3) is 0 Å². The highest BCUT2D eigenvalue weighted by Gasteiger charge is 2.42. The van der Waals surface area contributed by atoms with Crippen molar-refractivity contribution in [2.75, 3.05) is 0 Å². The van der Waals surface area contributed by atoms with E-state index in [1.807, 2.05) is 0 Å². The molecule has 2 aromatic rings. The normalized spacial score (nSPS) is 27.8. The third-order valence-electron chi connectivity index (χ3n) is 12.2. The van der Waals surface area contributed by atoms with Crippen molar-refractivity contribution in [2.24, 2.45) is 46.3 Å². The number of rotatable bonds is 7. The second kappa shape index (κ2) is 12.3. The van der Waals surface area contributed by atoms with Crippen LogP contribution in [0.5, 0.6) is 0 Å². The van der Waals surface area contributed by atoms with Gasteiger partial charge in [-0.3, -0.25) is 0 Å². The summed E-state index contributed by atoms with van der Waals surface area (Å²) in [4.78, 5) is 0. The van der Waals surface area contributed by atoms with E-state index < -0.39 is 0 Å². The topological polar surface area (TPSA) is 0 Å². The lowest BCUT2D eigenvalue weighted by Crippen LogP contribution is -2.37. The van der Waals surface area contributed by atoms with E-state index in [0.717, 1.165) is 43.4 Å². The molecule has 0 heterocycles. The maximum Gasteiger partial charge on any atom is 0.00827 e. The first-order valence-corrected chi connectivity index (χ1v) is 18.2. The van der Waals surface area contributed by atoms with Crippen LogP contribution in [0.1, 0.15) is 108 Å². The summed E-state index contributed by atoms with van der Waals surface area (Å²) in [5, 5.41) is 0. The third kappa shape index (κ3) is 6.74. The van der Waals surface area contributed by atoms with Gasteiger partial charge in [-0.05, 0) is 145 Å². The van der Waals surface area contributed by atoms with Gasteiger partial charge in [-0.1, -0.05) is 132 Å². The number of allylic oxidation sites excluding steroid dienone is 7. The molecule has 0 heteroatoms. The summed E-state index contributed by atoms with van der Waals surface area (Å²) < 4.78 is 0. The quantitative estimate of drug-likeness (QED) is 0.273. The summed E-state index contributed by atoms with van der Waals surface area (Å²) in [7, 11) is 0. The van der Waals surface area contributed by atoms with Gasteiger partial charge in [-0.2, -0.15) is 0 Å². The first-order chi connectivity index (χ1) is 21.6. The molecule has 0 nitrogen and oxygen atoms in total. The molecule has 1 fully saturated rings. The fourth-order valence-electron chi connectivity index (χ4n) is 9.28. The summed E-state index contributed by atoms with van der Waals surface area (Å²) in [5.41, 5.74) is 16.7. The minimum Gasteiger partial charge on any atom is -0.0986 e. The second-order valence-electron chi connectivity index (χ2n) is 18.1. The Bertz CT molecular complexity index is 1610. The van der Waals surface area contributed by atoms with Crippen LogP contribution in [0.3, 0.4) is 0 Å². The average Bonchev–Trinajstić information content (AvgIpc) is 3.49. The van der Waals surface area contributed by atoms with Gasteiger partial charge in [-0.15, -0.1) is 0 Å². The van der Waals surface area contributed by atoms with Crippen molar-refractivity contribution in [3.63, 3.8) is 0 Å². The molecule has 0 aromatic heterocycles. The average molecular weight is 613 g/mol. The predicted molar refractivity (Wildman–Crippen MR) is 201 cm³/mol. The molecule has 0 saturated heterocycles.